The van der Waals surface area contributed by atoms with Crippen LogP contribution in [0.25, 0.3) is 0 Å². The third-order valence-corrected chi connectivity index (χ3v) is 3.28. The van der Waals surface area contributed by atoms with E-state index in [1.807, 2.05) is 13.8 Å². The summed E-state index contributed by atoms with van der Waals surface area (Å²) in [4.78, 5) is 0. The summed E-state index contributed by atoms with van der Waals surface area (Å²) in [5.41, 5.74) is 1.12. The van der Waals surface area contributed by atoms with Crippen LogP contribution >= 0.6 is 0 Å². The molecule has 0 heterocycles. The minimum atomic E-state index is -0.492. The maximum atomic E-state index is 9.59. The van der Waals surface area contributed by atoms with E-state index in [4.69, 9.17) is 0 Å². The lowest BCUT2D eigenvalue weighted by molar-refractivity contribution is 0.0688. The Balaban J connectivity index is 1.75. The molecule has 0 aromatic carbocycles. The fraction of sp³-hybridized carbons (Fsp3) is 0.692. The summed E-state index contributed by atoms with van der Waals surface area (Å²) in [5, 5.41) is 9.59. The Morgan fingerprint density at radius 3 is 2.71 bits per heavy atom. The average molecular weight is 192 g/mol. The Hall–Kier alpha value is -0.560. The molecule has 0 saturated heterocycles. The molecule has 0 aliphatic heterocycles. The molecule has 0 radical (unpaired) electrons. The van der Waals surface area contributed by atoms with Crippen LogP contribution in [0.5, 0.6) is 0 Å². The standard InChI is InChI=1S/C13H20O/c1-13(2,14)7-3-4-11-8-10-5-6-12(11)9-10/h5-6,8,10,12,14H,3-4,7,9H2,1-2H3. The van der Waals surface area contributed by atoms with E-state index >= 15 is 0 Å². The number of hydrogen-bond acceptors (Lipinski definition) is 1. The molecule has 0 spiro atoms. The molecule has 0 fully saturated rings. The molecular formula is C13H20O. The second-order valence-corrected chi connectivity index (χ2v) is 5.30. The first kappa shape index (κ1) is 9.97. The van der Waals surface area contributed by atoms with Crippen molar-refractivity contribution in [2.24, 2.45) is 11.8 Å². The lowest BCUT2D eigenvalue weighted by atomic mass is 9.94. The van der Waals surface area contributed by atoms with E-state index in [-0.39, 0.29) is 0 Å². The van der Waals surface area contributed by atoms with Gasteiger partial charge in [0.2, 0.25) is 0 Å². The fourth-order valence-corrected chi connectivity index (χ4v) is 2.52. The van der Waals surface area contributed by atoms with E-state index in [1.54, 1.807) is 5.57 Å². The van der Waals surface area contributed by atoms with Crippen molar-refractivity contribution < 1.29 is 5.11 Å². The van der Waals surface area contributed by atoms with Gasteiger partial charge in [0.15, 0.2) is 0 Å². The third kappa shape index (κ3) is 2.27. The lowest BCUT2D eigenvalue weighted by Crippen LogP contribution is -2.17. The molecule has 2 aliphatic carbocycles. The molecule has 1 N–H and O–H groups in total. The molecule has 1 heteroatoms. The van der Waals surface area contributed by atoms with Gasteiger partial charge in [0.1, 0.15) is 0 Å². The molecule has 2 aliphatic rings. The summed E-state index contributed by atoms with van der Waals surface area (Å²) in [6.07, 6.45) is 11.6. The van der Waals surface area contributed by atoms with E-state index in [0.717, 1.165) is 24.7 Å². The van der Waals surface area contributed by atoms with Gasteiger partial charge in [-0.25, -0.2) is 0 Å². The average Bonchev–Trinajstić information content (AvgIpc) is 2.62. The predicted molar refractivity (Wildman–Crippen MR) is 59.0 cm³/mol. The zero-order valence-corrected chi connectivity index (χ0v) is 9.16. The minimum Gasteiger partial charge on any atom is -0.390 e. The van der Waals surface area contributed by atoms with Crippen molar-refractivity contribution in [2.75, 3.05) is 0 Å². The highest BCUT2D eigenvalue weighted by Crippen LogP contribution is 2.40. The Morgan fingerprint density at radius 2 is 2.21 bits per heavy atom. The molecule has 2 bridgehead atoms. The Labute approximate surface area is 86.5 Å². The second kappa shape index (κ2) is 3.54. The quantitative estimate of drug-likeness (QED) is 0.679. The number of allylic oxidation sites excluding steroid dienone is 4. The van der Waals surface area contributed by atoms with Crippen LogP contribution in [0.4, 0.5) is 0 Å². The first-order valence-corrected chi connectivity index (χ1v) is 5.66. The van der Waals surface area contributed by atoms with Crippen molar-refractivity contribution in [2.45, 2.75) is 45.1 Å². The number of fused-ring (bicyclic) bond motifs is 2. The topological polar surface area (TPSA) is 20.2 Å². The van der Waals surface area contributed by atoms with Gasteiger partial charge in [-0.2, -0.15) is 0 Å². The molecule has 0 aromatic heterocycles. The second-order valence-electron chi connectivity index (χ2n) is 5.30. The van der Waals surface area contributed by atoms with E-state index in [0.29, 0.717) is 0 Å². The number of hydrogen-bond donors (Lipinski definition) is 1. The largest absolute Gasteiger partial charge is 0.390 e. The maximum Gasteiger partial charge on any atom is 0.0591 e. The van der Waals surface area contributed by atoms with Gasteiger partial charge >= 0.3 is 0 Å². The summed E-state index contributed by atoms with van der Waals surface area (Å²) >= 11 is 0. The van der Waals surface area contributed by atoms with Crippen LogP contribution in [-0.2, 0) is 0 Å². The number of aliphatic hydroxyl groups is 1. The summed E-state index contributed by atoms with van der Waals surface area (Å²) in [6, 6.07) is 0. The molecule has 78 valence electrons. The van der Waals surface area contributed by atoms with Crippen LogP contribution in [0.15, 0.2) is 23.8 Å². The van der Waals surface area contributed by atoms with Gasteiger partial charge in [-0.1, -0.05) is 23.8 Å². The van der Waals surface area contributed by atoms with E-state index < -0.39 is 5.60 Å². The zero-order valence-electron chi connectivity index (χ0n) is 9.16. The normalized spacial score (nSPS) is 29.8. The predicted octanol–water partition coefficient (Wildman–Crippen LogP) is 3.06. The summed E-state index contributed by atoms with van der Waals surface area (Å²) in [5.74, 6) is 1.47. The Bertz CT molecular complexity index is 267. The Kier molecular flexibility index (Phi) is 2.52. The van der Waals surface area contributed by atoms with Crippen LogP contribution in [0.2, 0.25) is 0 Å². The van der Waals surface area contributed by atoms with Crippen molar-refractivity contribution in [1.29, 1.82) is 0 Å². The summed E-state index contributed by atoms with van der Waals surface area (Å²) < 4.78 is 0. The highest BCUT2D eigenvalue weighted by molar-refractivity contribution is 5.29. The fourth-order valence-electron chi connectivity index (χ4n) is 2.52. The van der Waals surface area contributed by atoms with Gasteiger partial charge in [0, 0.05) is 0 Å². The first-order chi connectivity index (χ1) is 6.54. The molecule has 14 heavy (non-hydrogen) atoms. The Morgan fingerprint density at radius 1 is 1.43 bits per heavy atom. The monoisotopic (exact) mass is 192 g/mol. The van der Waals surface area contributed by atoms with Crippen molar-refractivity contribution in [3.63, 3.8) is 0 Å². The minimum absolute atomic E-state index is 0.492. The SMILES string of the molecule is CC(C)(O)CCCC1=CC2C=CC1C2. The van der Waals surface area contributed by atoms with Crippen LogP contribution in [0, 0.1) is 11.8 Å². The summed E-state index contributed by atoms with van der Waals surface area (Å²) in [6.45, 7) is 3.78. The molecule has 2 rings (SSSR count). The molecule has 2 unspecified atom stereocenters. The molecular weight excluding hydrogens is 172 g/mol. The van der Waals surface area contributed by atoms with Gasteiger partial charge in [-0.3, -0.25) is 0 Å². The highest BCUT2D eigenvalue weighted by atomic mass is 16.3. The van der Waals surface area contributed by atoms with Crippen molar-refractivity contribution in [1.82, 2.24) is 0 Å². The first-order valence-electron chi connectivity index (χ1n) is 5.66. The molecule has 2 atom stereocenters. The summed E-state index contributed by atoms with van der Waals surface area (Å²) in [7, 11) is 0. The van der Waals surface area contributed by atoms with Gasteiger partial charge in [-0.15, -0.1) is 0 Å². The molecule has 0 amide bonds. The van der Waals surface area contributed by atoms with Crippen LogP contribution in [0.1, 0.15) is 39.5 Å². The lowest BCUT2D eigenvalue weighted by Gasteiger charge is -2.17. The van der Waals surface area contributed by atoms with E-state index in [1.165, 1.54) is 12.8 Å². The zero-order chi connectivity index (χ0) is 10.2. The maximum absolute atomic E-state index is 9.59. The molecule has 0 saturated carbocycles. The third-order valence-electron chi connectivity index (χ3n) is 3.28. The van der Waals surface area contributed by atoms with Crippen LogP contribution in [0.3, 0.4) is 0 Å². The van der Waals surface area contributed by atoms with Gasteiger partial charge in [0.25, 0.3) is 0 Å². The van der Waals surface area contributed by atoms with Crippen molar-refractivity contribution in [3.8, 4) is 0 Å². The van der Waals surface area contributed by atoms with Gasteiger partial charge < -0.3 is 5.11 Å². The van der Waals surface area contributed by atoms with Crippen molar-refractivity contribution >= 4 is 0 Å². The van der Waals surface area contributed by atoms with Gasteiger partial charge in [-0.05, 0) is 51.4 Å². The molecule has 0 aromatic rings. The van der Waals surface area contributed by atoms with E-state index in [9.17, 15) is 5.11 Å². The van der Waals surface area contributed by atoms with E-state index in [2.05, 4.69) is 18.2 Å². The molecule has 1 nitrogen and oxygen atoms in total. The smallest absolute Gasteiger partial charge is 0.0591 e. The van der Waals surface area contributed by atoms with Crippen LogP contribution in [-0.4, -0.2) is 10.7 Å². The van der Waals surface area contributed by atoms with Gasteiger partial charge in [0.05, 0.1) is 5.60 Å². The highest BCUT2D eigenvalue weighted by Gasteiger charge is 2.27. The van der Waals surface area contributed by atoms with Crippen molar-refractivity contribution in [3.05, 3.63) is 23.8 Å². The van der Waals surface area contributed by atoms with Crippen LogP contribution < -0.4 is 0 Å². The number of rotatable bonds is 4.